The monoisotopic (exact) mass is 586 g/mol. The number of nitrogens with zero attached hydrogens (tertiary/aromatic N) is 2. The van der Waals surface area contributed by atoms with Gasteiger partial charge in [-0.15, -0.1) is 0 Å². The van der Waals surface area contributed by atoms with Gasteiger partial charge in [0.1, 0.15) is 0 Å². The van der Waals surface area contributed by atoms with E-state index in [0.29, 0.717) is 38.1 Å². The number of nitrogens with one attached hydrogen (secondary N) is 1. The van der Waals surface area contributed by atoms with Gasteiger partial charge < -0.3 is 24.6 Å². The highest BCUT2D eigenvalue weighted by Crippen LogP contribution is 2.36. The number of ether oxygens (including phenoxy) is 3. The predicted octanol–water partition coefficient (Wildman–Crippen LogP) is 4.86. The van der Waals surface area contributed by atoms with Crippen LogP contribution in [0.2, 0.25) is 0 Å². The van der Waals surface area contributed by atoms with E-state index in [1.807, 2.05) is 11.5 Å². The number of hydrogen-bond donors (Lipinski definition) is 2. The third-order valence-corrected chi connectivity index (χ3v) is 6.75. The van der Waals surface area contributed by atoms with Crippen LogP contribution in [0, 0.1) is 5.82 Å². The van der Waals surface area contributed by atoms with Crippen LogP contribution in [0.4, 0.5) is 24.5 Å². The van der Waals surface area contributed by atoms with E-state index in [2.05, 4.69) is 14.8 Å². The second kappa shape index (κ2) is 12.5. The number of aliphatic hydroxyl groups is 1. The molecule has 1 heterocycles. The Labute approximate surface area is 202 Å². The van der Waals surface area contributed by atoms with Crippen LogP contribution in [0.15, 0.2) is 17.1 Å². The number of rotatable bonds is 11. The summed E-state index contributed by atoms with van der Waals surface area (Å²) in [4.78, 5) is 4.32. The van der Waals surface area contributed by atoms with E-state index in [1.54, 1.807) is 14.2 Å². The Hall–Kier alpha value is -1.89. The topological polar surface area (TPSA) is 75.3 Å². The summed E-state index contributed by atoms with van der Waals surface area (Å²) in [6.45, 7) is 2.81. The maximum absolute atomic E-state index is 14.3. The van der Waals surface area contributed by atoms with E-state index >= 15 is 0 Å². The number of benzene rings is 1. The summed E-state index contributed by atoms with van der Waals surface area (Å²) in [7, 11) is 4.49. The molecule has 7 nitrogen and oxygen atoms in total. The van der Waals surface area contributed by atoms with Crippen LogP contribution in [-0.4, -0.2) is 76.5 Å². The summed E-state index contributed by atoms with van der Waals surface area (Å²) in [6, 6.07) is 2.49. The van der Waals surface area contributed by atoms with E-state index in [1.165, 1.54) is 19.2 Å². The highest BCUT2D eigenvalue weighted by Gasteiger charge is 2.39. The zero-order chi connectivity index (χ0) is 24.6. The van der Waals surface area contributed by atoms with E-state index in [-0.39, 0.29) is 29.3 Å². The lowest BCUT2D eigenvalue weighted by molar-refractivity contribution is -0.551. The van der Waals surface area contributed by atoms with E-state index < -0.39 is 43.0 Å². The van der Waals surface area contributed by atoms with Crippen molar-refractivity contribution in [2.24, 2.45) is 4.99 Å². The number of halogens is 4. The van der Waals surface area contributed by atoms with Gasteiger partial charge in [0.05, 0.1) is 37.7 Å². The lowest BCUT2D eigenvalue weighted by Crippen LogP contribution is -2.27. The standard InChI is InChI=1S/C22H31F3IN3O4/c1-14-9-15(13-29(14)21(30)7-6-8-31-4)33-20(12-22(24,25)26-2)28-18-11-19(32-5)16(23)10-17(18)27-3/h10-11,14-15,27H,2,6-9,12-13H2,1,3-5H3/p+1/t14-,15-/m1/s1. The first kappa shape index (κ1) is 27.4. The van der Waals surface area contributed by atoms with Crippen LogP contribution in [0.3, 0.4) is 0 Å². The summed E-state index contributed by atoms with van der Waals surface area (Å²) < 4.78 is 60.8. The van der Waals surface area contributed by atoms with E-state index in [9.17, 15) is 18.3 Å². The lowest BCUT2D eigenvalue weighted by atomic mass is 10.2. The highest BCUT2D eigenvalue weighted by atomic mass is 127. The minimum absolute atomic E-state index is 0.0293. The fraction of sp³-hybridized carbons (Fsp3) is 0.591. The van der Waals surface area contributed by atoms with E-state index in [0.717, 1.165) is 0 Å². The van der Waals surface area contributed by atoms with Crippen molar-refractivity contribution >= 4 is 48.4 Å². The molecule has 186 valence electrons. The van der Waals surface area contributed by atoms with Crippen LogP contribution >= 0.6 is 20.7 Å². The molecule has 2 rings (SSSR count). The van der Waals surface area contributed by atoms with Crippen LogP contribution in [0.1, 0.15) is 32.6 Å². The molecule has 1 saturated heterocycles. The average molecular weight is 586 g/mol. The summed E-state index contributed by atoms with van der Waals surface area (Å²) in [5.41, 5.74) is 0.535. The van der Waals surface area contributed by atoms with Crippen LogP contribution in [0.25, 0.3) is 0 Å². The van der Waals surface area contributed by atoms with Crippen molar-refractivity contribution in [1.82, 2.24) is 0 Å². The average Bonchev–Trinajstić information content (AvgIpc) is 3.14. The first-order valence-corrected chi connectivity index (χ1v) is 13.1. The summed E-state index contributed by atoms with van der Waals surface area (Å²) in [5.74, 6) is -0.595. The van der Waals surface area contributed by atoms with Gasteiger partial charge in [0.2, 0.25) is 0 Å². The molecule has 1 aliphatic heterocycles. The molecule has 1 aliphatic rings. The van der Waals surface area contributed by atoms with Crippen LogP contribution < -0.4 is 10.1 Å². The second-order valence-corrected chi connectivity index (χ2v) is 10.0. The zero-order valence-electron chi connectivity index (χ0n) is 19.3. The maximum atomic E-state index is 14.3. The molecule has 2 atom stereocenters. The van der Waals surface area contributed by atoms with Crippen molar-refractivity contribution in [3.63, 3.8) is 0 Å². The molecule has 1 aromatic carbocycles. The molecule has 0 amide bonds. The lowest BCUT2D eigenvalue weighted by Gasteiger charge is -2.17. The summed E-state index contributed by atoms with van der Waals surface area (Å²) in [6.07, 6.45) is 0.506. The minimum Gasteiger partial charge on any atom is -0.494 e. The molecule has 33 heavy (non-hydrogen) atoms. The van der Waals surface area contributed by atoms with Gasteiger partial charge in [-0.3, -0.25) is 0 Å². The second-order valence-electron chi connectivity index (χ2n) is 7.67. The van der Waals surface area contributed by atoms with Gasteiger partial charge in [0.15, 0.2) is 36.2 Å². The molecule has 1 aromatic rings. The van der Waals surface area contributed by atoms with Gasteiger partial charge in [-0.1, -0.05) is 25.2 Å². The van der Waals surface area contributed by atoms with E-state index in [4.69, 9.17) is 14.2 Å². The largest absolute Gasteiger partial charge is 0.494 e. The van der Waals surface area contributed by atoms with Crippen molar-refractivity contribution < 1.29 is 37.1 Å². The molecule has 2 N–H and O–H groups in total. The van der Waals surface area contributed by atoms with Crippen LogP contribution in [-0.2, 0) is 9.47 Å². The quantitative estimate of drug-likeness (QED) is 0.0968. The van der Waals surface area contributed by atoms with Crippen LogP contribution in [0.5, 0.6) is 5.75 Å². The molecule has 0 saturated carbocycles. The number of methoxy groups -OCH3 is 2. The molecule has 0 bridgehead atoms. The molecule has 0 unspecified atom stereocenters. The number of hydrogen-bond acceptors (Lipinski definition) is 5. The minimum atomic E-state index is -3.01. The SMILES string of the molecule is C=IC(F)(F)CC(=Nc1cc(OC)c(F)cc1NC)O[C@@H]1C[C@@H](C)[N+](=C(O)CCCOC)C1. The molecule has 0 radical (unpaired) electrons. The Kier molecular flexibility index (Phi) is 10.4. The fourth-order valence-electron chi connectivity index (χ4n) is 3.59. The number of alkyl halides is 3. The Morgan fingerprint density at radius 1 is 1.39 bits per heavy atom. The third-order valence-electron chi connectivity index (χ3n) is 5.25. The normalized spacial score (nSPS) is 20.6. The smallest absolute Gasteiger partial charge is 0.334 e. The molecule has 0 aromatic heterocycles. The molecule has 11 heteroatoms. The molecule has 0 spiro atoms. The first-order chi connectivity index (χ1) is 15.6. The first-order valence-electron chi connectivity index (χ1n) is 10.5. The zero-order valence-corrected chi connectivity index (χ0v) is 21.5. The van der Waals surface area contributed by atoms with Crippen molar-refractivity contribution in [2.45, 2.75) is 48.7 Å². The molecule has 1 fully saturated rings. The van der Waals surface area contributed by atoms with Crippen molar-refractivity contribution in [3.8, 4) is 5.75 Å². The molecular formula is C22H32F3IN3O4+. The van der Waals surface area contributed by atoms with Gasteiger partial charge in [-0.05, 0) is 13.3 Å². The Morgan fingerprint density at radius 2 is 2.12 bits per heavy atom. The predicted molar refractivity (Wildman–Crippen MR) is 133 cm³/mol. The number of aliphatic imine (C=N–C) groups is 1. The van der Waals surface area contributed by atoms with Gasteiger partial charge >= 0.3 is 5.90 Å². The highest BCUT2D eigenvalue weighted by molar-refractivity contribution is 14.2. The number of aliphatic hydroxyl groups excluding tert-OH is 1. The maximum Gasteiger partial charge on any atom is 0.334 e. The van der Waals surface area contributed by atoms with Gasteiger partial charge in [-0.25, -0.2) is 9.38 Å². The Morgan fingerprint density at radius 3 is 2.73 bits per heavy atom. The van der Waals surface area contributed by atoms with Crippen molar-refractivity contribution in [3.05, 3.63) is 17.9 Å². The van der Waals surface area contributed by atoms with Crippen molar-refractivity contribution in [1.29, 1.82) is 0 Å². The summed E-state index contributed by atoms with van der Waals surface area (Å²) in [5, 5.41) is 13.2. The van der Waals surface area contributed by atoms with Gasteiger partial charge in [0.25, 0.3) is 3.93 Å². The third kappa shape index (κ3) is 7.83. The Bertz CT molecular complexity index is 896. The van der Waals surface area contributed by atoms with Gasteiger partial charge in [-0.2, -0.15) is 13.4 Å². The summed E-state index contributed by atoms with van der Waals surface area (Å²) >= 11 is -1.64. The van der Waals surface area contributed by atoms with Crippen molar-refractivity contribution in [2.75, 3.05) is 39.7 Å². The fourth-order valence-corrected chi connectivity index (χ4v) is 4.19. The molecular weight excluding hydrogens is 554 g/mol. The number of anilines is 1. The molecule has 0 aliphatic carbocycles. The Balaban J connectivity index is 2.33. The van der Waals surface area contributed by atoms with Gasteiger partial charge in [0, 0.05) is 32.9 Å².